The maximum atomic E-state index is 13.6. The Morgan fingerprint density at radius 2 is 2.10 bits per heavy atom. The number of aryl methyl sites for hydroxylation is 1. The molecular weight excluding hydrogens is 359 g/mol. The van der Waals surface area contributed by atoms with Crippen LogP contribution in [-0.4, -0.2) is 6.03 Å². The van der Waals surface area contributed by atoms with Gasteiger partial charge in [-0.3, -0.25) is 0 Å². The van der Waals surface area contributed by atoms with E-state index < -0.39 is 11.8 Å². The number of amides is 2. The lowest BCUT2D eigenvalue weighted by molar-refractivity contribution is 0.251. The molecule has 0 aromatic heterocycles. The molecule has 2 N–H and O–H groups in total. The van der Waals surface area contributed by atoms with Gasteiger partial charge in [-0.05, 0) is 42.8 Å². The average molecular weight is 372 g/mol. The Labute approximate surface area is 135 Å². The molecule has 2 aromatic carbocycles. The lowest BCUT2D eigenvalue weighted by Gasteiger charge is -2.11. The third-order valence-electron chi connectivity index (χ3n) is 2.92. The predicted molar refractivity (Wildman–Crippen MR) is 86.1 cm³/mol. The van der Waals surface area contributed by atoms with Gasteiger partial charge in [0.15, 0.2) is 0 Å². The molecule has 0 aliphatic rings. The van der Waals surface area contributed by atoms with Crippen molar-refractivity contribution in [1.82, 2.24) is 5.32 Å². The lowest BCUT2D eigenvalue weighted by Crippen LogP contribution is -2.29. The van der Waals surface area contributed by atoms with Crippen molar-refractivity contribution in [3.05, 3.63) is 62.8 Å². The van der Waals surface area contributed by atoms with Gasteiger partial charge in [-0.15, -0.1) is 0 Å². The van der Waals surface area contributed by atoms with E-state index in [0.717, 1.165) is 10.0 Å². The molecule has 0 unspecified atom stereocenters. The minimum absolute atomic E-state index is 0.0207. The van der Waals surface area contributed by atoms with Crippen LogP contribution in [0.4, 0.5) is 14.9 Å². The Kier molecular flexibility index (Phi) is 5.20. The van der Waals surface area contributed by atoms with E-state index in [4.69, 9.17) is 11.6 Å². The number of hydrogen-bond donors (Lipinski definition) is 2. The number of urea groups is 1. The largest absolute Gasteiger partial charge is 0.334 e. The molecule has 6 heteroatoms. The van der Waals surface area contributed by atoms with Crippen molar-refractivity contribution in [2.75, 3.05) is 5.32 Å². The number of carbonyl (C=O) groups excluding carboxylic acids is 1. The first-order chi connectivity index (χ1) is 9.97. The third kappa shape index (κ3) is 4.19. The van der Waals surface area contributed by atoms with Gasteiger partial charge in [0, 0.05) is 27.3 Å². The number of halogens is 3. The van der Waals surface area contributed by atoms with E-state index in [0.29, 0.717) is 5.69 Å². The molecule has 0 aliphatic carbocycles. The minimum Gasteiger partial charge on any atom is -0.334 e. The van der Waals surface area contributed by atoms with Crippen LogP contribution < -0.4 is 10.6 Å². The number of anilines is 1. The number of hydrogen-bond acceptors (Lipinski definition) is 1. The molecule has 0 saturated heterocycles. The summed E-state index contributed by atoms with van der Waals surface area (Å²) in [4.78, 5) is 11.8. The molecular formula is C15H13BrClFN2O. The first kappa shape index (κ1) is 15.8. The van der Waals surface area contributed by atoms with Crippen LogP contribution in [0.5, 0.6) is 0 Å². The van der Waals surface area contributed by atoms with Gasteiger partial charge in [-0.1, -0.05) is 33.6 Å². The van der Waals surface area contributed by atoms with E-state index in [9.17, 15) is 9.18 Å². The molecule has 0 aliphatic heterocycles. The number of carbonyl (C=O) groups is 1. The van der Waals surface area contributed by atoms with E-state index in [-0.39, 0.29) is 17.1 Å². The first-order valence-corrected chi connectivity index (χ1v) is 7.38. The minimum atomic E-state index is -0.442. The average Bonchev–Trinajstić information content (AvgIpc) is 2.41. The summed E-state index contributed by atoms with van der Waals surface area (Å²) in [6.07, 6.45) is 0. The Hall–Kier alpha value is -1.59. The zero-order valence-corrected chi connectivity index (χ0v) is 13.6. The van der Waals surface area contributed by atoms with E-state index in [1.807, 2.05) is 19.1 Å². The lowest BCUT2D eigenvalue weighted by atomic mass is 10.2. The number of benzene rings is 2. The summed E-state index contributed by atoms with van der Waals surface area (Å²) in [6.45, 7) is 1.90. The second-order valence-corrected chi connectivity index (χ2v) is 5.79. The summed E-state index contributed by atoms with van der Waals surface area (Å²) >= 11 is 9.25. The smallest absolute Gasteiger partial charge is 0.319 e. The van der Waals surface area contributed by atoms with Gasteiger partial charge in [0.25, 0.3) is 0 Å². The zero-order chi connectivity index (χ0) is 15.4. The van der Waals surface area contributed by atoms with Crippen LogP contribution in [0, 0.1) is 12.7 Å². The van der Waals surface area contributed by atoms with Crippen LogP contribution in [-0.2, 0) is 6.54 Å². The van der Waals surface area contributed by atoms with Crippen molar-refractivity contribution in [3.8, 4) is 0 Å². The molecule has 2 aromatic rings. The molecule has 0 atom stereocenters. The van der Waals surface area contributed by atoms with E-state index >= 15 is 0 Å². The van der Waals surface area contributed by atoms with E-state index in [2.05, 4.69) is 26.6 Å². The van der Waals surface area contributed by atoms with Gasteiger partial charge in [0.1, 0.15) is 5.82 Å². The molecule has 0 heterocycles. The van der Waals surface area contributed by atoms with Gasteiger partial charge < -0.3 is 10.6 Å². The Balaban J connectivity index is 1.99. The van der Waals surface area contributed by atoms with Gasteiger partial charge in [-0.25, -0.2) is 9.18 Å². The monoisotopic (exact) mass is 370 g/mol. The maximum Gasteiger partial charge on any atom is 0.319 e. The molecule has 2 rings (SSSR count). The zero-order valence-electron chi connectivity index (χ0n) is 11.2. The summed E-state index contributed by atoms with van der Waals surface area (Å²) in [5.74, 6) is -0.442. The van der Waals surface area contributed by atoms with Crippen molar-refractivity contribution >= 4 is 39.2 Å². The maximum absolute atomic E-state index is 13.6. The van der Waals surface area contributed by atoms with Crippen molar-refractivity contribution in [1.29, 1.82) is 0 Å². The standard InChI is InChI=1S/C15H13BrClFN2O/c1-9-7-10(16)5-6-14(9)20-15(21)19-8-11-12(17)3-2-4-13(11)18/h2-7H,8H2,1H3,(H2,19,20,21). The fourth-order valence-corrected chi connectivity index (χ4v) is 2.51. The molecule has 110 valence electrons. The van der Waals surface area contributed by atoms with Gasteiger partial charge >= 0.3 is 6.03 Å². The predicted octanol–water partition coefficient (Wildman–Crippen LogP) is 4.87. The van der Waals surface area contributed by atoms with Crippen LogP contribution in [0.25, 0.3) is 0 Å². The first-order valence-electron chi connectivity index (χ1n) is 6.21. The molecule has 2 amide bonds. The highest BCUT2D eigenvalue weighted by molar-refractivity contribution is 9.10. The summed E-state index contributed by atoms with van der Waals surface area (Å²) in [5.41, 5.74) is 1.88. The quantitative estimate of drug-likeness (QED) is 0.794. The van der Waals surface area contributed by atoms with Crippen LogP contribution in [0.2, 0.25) is 5.02 Å². The molecule has 3 nitrogen and oxygen atoms in total. The van der Waals surface area contributed by atoms with Crippen LogP contribution in [0.1, 0.15) is 11.1 Å². The molecule has 0 fully saturated rings. The fourth-order valence-electron chi connectivity index (χ4n) is 1.80. The van der Waals surface area contributed by atoms with Crippen LogP contribution in [0.3, 0.4) is 0 Å². The summed E-state index contributed by atoms with van der Waals surface area (Å²) in [7, 11) is 0. The van der Waals surface area contributed by atoms with Crippen LogP contribution >= 0.6 is 27.5 Å². The number of nitrogens with one attached hydrogen (secondary N) is 2. The topological polar surface area (TPSA) is 41.1 Å². The fraction of sp³-hybridized carbons (Fsp3) is 0.133. The molecule has 0 saturated carbocycles. The normalized spacial score (nSPS) is 10.3. The van der Waals surface area contributed by atoms with Gasteiger partial charge in [0.2, 0.25) is 0 Å². The molecule has 0 radical (unpaired) electrons. The van der Waals surface area contributed by atoms with Crippen molar-refractivity contribution in [2.45, 2.75) is 13.5 Å². The molecule has 0 bridgehead atoms. The van der Waals surface area contributed by atoms with Crippen molar-refractivity contribution < 1.29 is 9.18 Å². The third-order valence-corrected chi connectivity index (χ3v) is 3.77. The van der Waals surface area contributed by atoms with Crippen LogP contribution in [0.15, 0.2) is 40.9 Å². The Bertz CT molecular complexity index is 658. The highest BCUT2D eigenvalue weighted by atomic mass is 79.9. The van der Waals surface area contributed by atoms with E-state index in [1.54, 1.807) is 12.1 Å². The summed E-state index contributed by atoms with van der Waals surface area (Å²) < 4.78 is 14.5. The summed E-state index contributed by atoms with van der Waals surface area (Å²) in [5, 5.41) is 5.58. The van der Waals surface area contributed by atoms with Gasteiger partial charge in [-0.2, -0.15) is 0 Å². The molecule has 0 spiro atoms. The SMILES string of the molecule is Cc1cc(Br)ccc1NC(=O)NCc1c(F)cccc1Cl. The highest BCUT2D eigenvalue weighted by Gasteiger charge is 2.09. The second-order valence-electron chi connectivity index (χ2n) is 4.47. The van der Waals surface area contributed by atoms with Crippen molar-refractivity contribution in [2.24, 2.45) is 0 Å². The van der Waals surface area contributed by atoms with E-state index in [1.165, 1.54) is 12.1 Å². The highest BCUT2D eigenvalue weighted by Crippen LogP contribution is 2.20. The van der Waals surface area contributed by atoms with Gasteiger partial charge in [0.05, 0.1) is 0 Å². The van der Waals surface area contributed by atoms with Crippen molar-refractivity contribution in [3.63, 3.8) is 0 Å². The summed E-state index contributed by atoms with van der Waals surface area (Å²) in [6, 6.07) is 9.50. The second kappa shape index (κ2) is 6.91. The Morgan fingerprint density at radius 3 is 2.76 bits per heavy atom. The Morgan fingerprint density at radius 1 is 1.33 bits per heavy atom. The number of rotatable bonds is 3. The molecule has 21 heavy (non-hydrogen) atoms.